The van der Waals surface area contributed by atoms with Crippen LogP contribution in [0, 0.1) is 45.4 Å². The van der Waals surface area contributed by atoms with Crippen LogP contribution in [-0.4, -0.2) is 79.3 Å². The Balaban J connectivity index is 0.000000456. The molecule has 0 saturated carbocycles. The van der Waals surface area contributed by atoms with Gasteiger partial charge in [0.05, 0.1) is 0 Å². The van der Waals surface area contributed by atoms with Gasteiger partial charge in [-0.1, -0.05) is 89.5 Å². The Morgan fingerprint density at radius 3 is 2.33 bits per heavy atom. The van der Waals surface area contributed by atoms with Crippen LogP contribution in [0.15, 0.2) is 94.7 Å². The van der Waals surface area contributed by atoms with Crippen molar-refractivity contribution in [2.24, 2.45) is 17.8 Å². The van der Waals surface area contributed by atoms with Crippen molar-refractivity contribution in [3.05, 3.63) is 138 Å². The number of nitrogens with two attached hydrogens (primary N) is 1. The predicted molar refractivity (Wildman–Crippen MR) is 303 cm³/mol. The van der Waals surface area contributed by atoms with Crippen molar-refractivity contribution in [1.82, 2.24) is 34.6 Å². The number of carbonyl (C=O) groups excluding carboxylic acids is 2. The molecule has 3 aromatic heterocycles. The molecule has 4 N–H and O–H groups in total. The summed E-state index contributed by atoms with van der Waals surface area (Å²) < 4.78 is 1.75. The number of fused-ring (bicyclic) bond motifs is 1. The molecule has 12 heteroatoms. The van der Waals surface area contributed by atoms with Gasteiger partial charge >= 0.3 is 57.1 Å². The molecule has 4 unspecified atom stereocenters. The Labute approximate surface area is 482 Å². The zero-order chi connectivity index (χ0) is 52.9. The van der Waals surface area contributed by atoms with Gasteiger partial charge in [0.1, 0.15) is 5.82 Å². The van der Waals surface area contributed by atoms with Gasteiger partial charge in [-0.05, 0) is 152 Å². The number of pyridine rings is 2. The molecule has 4 aromatic rings. The second-order valence-electron chi connectivity index (χ2n) is 19.7. The van der Waals surface area contributed by atoms with E-state index in [1.807, 2.05) is 56.6 Å². The summed E-state index contributed by atoms with van der Waals surface area (Å²) in [6, 6.07) is 12.3. The third kappa shape index (κ3) is 19.0. The Hall–Kier alpha value is -3.88. The number of nitrogens with one attached hydrogen (secondary N) is 2. The number of H-pyrrole nitrogens is 1. The third-order valence-electron chi connectivity index (χ3n) is 14.6. The minimum atomic E-state index is -0.0348. The first-order valence-electron chi connectivity index (χ1n) is 27.0. The second kappa shape index (κ2) is 32.5. The van der Waals surface area contributed by atoms with Crippen molar-refractivity contribution in [3.8, 4) is 11.1 Å². The molecule has 2 aliphatic heterocycles. The van der Waals surface area contributed by atoms with Gasteiger partial charge in [-0.2, -0.15) is 18.6 Å². The Morgan fingerprint density at radius 1 is 1.01 bits per heavy atom. The molecule has 0 radical (unpaired) electrons. The van der Waals surface area contributed by atoms with E-state index in [0.717, 1.165) is 134 Å². The number of rotatable bonds is 18. The minimum Gasteiger partial charge on any atom is -0.384 e. The summed E-state index contributed by atoms with van der Waals surface area (Å²) in [5, 5.41) is 2.65. The van der Waals surface area contributed by atoms with Crippen LogP contribution in [-0.2, 0) is 16.1 Å². The molecule has 394 valence electrons. The first-order chi connectivity index (χ1) is 34.6. The molecule has 1 aliphatic carbocycles. The van der Waals surface area contributed by atoms with Crippen molar-refractivity contribution in [1.29, 1.82) is 0 Å². The van der Waals surface area contributed by atoms with Crippen LogP contribution in [0.25, 0.3) is 28.2 Å². The number of anilines is 1. The van der Waals surface area contributed by atoms with Crippen molar-refractivity contribution in [2.45, 2.75) is 158 Å². The van der Waals surface area contributed by atoms with Crippen LogP contribution in [0.4, 0.5) is 5.82 Å². The third-order valence-corrected chi connectivity index (χ3v) is 14.6. The number of aromatic nitrogens is 4. The Bertz CT molecular complexity index is 2500. The number of piperidine rings is 2. The molecular formula is C61H89KN8O3-2. The Morgan fingerprint density at radius 2 is 1.74 bits per heavy atom. The maximum atomic E-state index is 12.5. The number of aromatic amines is 1. The van der Waals surface area contributed by atoms with E-state index < -0.39 is 0 Å². The molecule has 11 nitrogen and oxygen atoms in total. The average molecular weight is 1020 g/mol. The molecule has 2 fully saturated rings. The second-order valence-corrected chi connectivity index (χ2v) is 19.7. The van der Waals surface area contributed by atoms with Crippen LogP contribution in [0.1, 0.15) is 149 Å². The number of carbonyl (C=O) groups is 2. The van der Waals surface area contributed by atoms with Gasteiger partial charge in [-0.25, -0.2) is 9.78 Å². The van der Waals surface area contributed by atoms with Gasteiger partial charge in [0, 0.05) is 65.0 Å². The van der Waals surface area contributed by atoms with E-state index >= 15 is 0 Å². The SMILES string of the molecule is C=C1CCCC(=O)N1.CC.[CH2-]CN(CC(CCC)CCC1CC(C(C)=O)=CC=C1C1CCN(C(C)/C(C)=C/c2c(-c3ccc(N)nc3)ccnc2C)CC1)C([CH2-])CC.[CH2-]c1ccc2[nH]c(=O)n(CCC)c2c1.[K+]. The van der Waals surface area contributed by atoms with Crippen LogP contribution < -0.4 is 68.1 Å². The van der Waals surface area contributed by atoms with E-state index in [0.29, 0.717) is 42.1 Å². The number of amides is 1. The van der Waals surface area contributed by atoms with Crippen LogP contribution >= 0.6 is 0 Å². The molecule has 0 spiro atoms. The number of imidazole rings is 1. The van der Waals surface area contributed by atoms with Gasteiger partial charge < -0.3 is 39.3 Å². The van der Waals surface area contributed by atoms with Crippen molar-refractivity contribution < 1.29 is 61.0 Å². The number of Topliss-reactive ketones (excluding diaryl/α,β-unsaturated/α-hetero) is 1. The summed E-state index contributed by atoms with van der Waals surface area (Å²) in [5.74, 6) is 2.52. The number of allylic oxidation sites excluding steroid dienone is 5. The van der Waals surface area contributed by atoms with Gasteiger partial charge in [0.2, 0.25) is 5.91 Å². The van der Waals surface area contributed by atoms with Gasteiger partial charge in [0.25, 0.3) is 0 Å². The number of nitrogens with zero attached hydrogens (tertiary/aromatic N) is 5. The molecule has 0 bridgehead atoms. The summed E-state index contributed by atoms with van der Waals surface area (Å²) in [5.41, 5.74) is 17.7. The zero-order valence-corrected chi connectivity index (χ0v) is 49.7. The number of hydrogen-bond acceptors (Lipinski definition) is 8. The normalized spacial score (nSPS) is 17.5. The molecule has 4 atom stereocenters. The monoisotopic (exact) mass is 1020 g/mol. The minimum absolute atomic E-state index is 0. The van der Waals surface area contributed by atoms with E-state index in [4.69, 9.17) is 5.73 Å². The molecule has 1 aromatic carbocycles. The summed E-state index contributed by atoms with van der Waals surface area (Å²) in [4.78, 5) is 51.4. The largest absolute Gasteiger partial charge is 1.00 e. The molecule has 2 saturated heterocycles. The maximum Gasteiger partial charge on any atom is 1.00 e. The summed E-state index contributed by atoms with van der Waals surface area (Å²) >= 11 is 0. The predicted octanol–water partition coefficient (Wildman–Crippen LogP) is 9.70. The van der Waals surface area contributed by atoms with E-state index in [1.165, 1.54) is 24.8 Å². The van der Waals surface area contributed by atoms with Crippen molar-refractivity contribution in [2.75, 3.05) is 31.9 Å². The average Bonchev–Trinajstić information content (AvgIpc) is 3.69. The fourth-order valence-corrected chi connectivity index (χ4v) is 10.2. The molecule has 3 aliphatic rings. The van der Waals surface area contributed by atoms with Crippen molar-refractivity contribution in [3.63, 3.8) is 0 Å². The number of hydrogen-bond donors (Lipinski definition) is 3. The van der Waals surface area contributed by atoms with Crippen molar-refractivity contribution >= 4 is 34.6 Å². The van der Waals surface area contributed by atoms with Gasteiger partial charge in [-0.15, -0.1) is 18.7 Å². The number of benzene rings is 1. The van der Waals surface area contributed by atoms with E-state index in [2.05, 4.69) is 123 Å². The topological polar surface area (TPSA) is 142 Å². The quantitative estimate of drug-likeness (QED) is 0.0661. The van der Waals surface area contributed by atoms with Crippen LogP contribution in [0.2, 0.25) is 0 Å². The standard InChI is InChI=1S/C42H61N5O.C11H13N2O.C6H9NO.C2H6.K/c1-9-12-34(28-46(11-3)30(5)10-2)13-14-37-26-36(33(8)48)15-17-39(37)35-20-23-47(24-21-35)32(7)29(4)25-41-31(6)44-22-19-40(41)38-16-18-42(43)45-27-38;1-3-6-13-10-7-8(2)4-5-9(10)12-11(13)14;1-5-3-2-4-6(8)7-5;1-2;/h15-19,22,25,27,30,32,34-35,37H,3,5,9-14,20-21,23-24,26,28H2,1-2,4,6-8H3,(H2,43,45);4-5,7H,2-3,6H2,1H3,(H,12,14);1-4H2,(H,7,8);1-2H3;/q-2;-1;;;+1/b29-25+;;;;. The first kappa shape index (κ1) is 63.4. The smallest absolute Gasteiger partial charge is 0.384 e. The zero-order valence-electron chi connectivity index (χ0n) is 46.6. The molecule has 7 rings (SSSR count). The number of aryl methyl sites for hydroxylation is 2. The van der Waals surface area contributed by atoms with Gasteiger partial charge in [-0.3, -0.25) is 19.5 Å². The number of ketones is 1. The molecule has 1 amide bonds. The van der Waals surface area contributed by atoms with Crippen LogP contribution in [0.3, 0.4) is 0 Å². The van der Waals surface area contributed by atoms with Gasteiger partial charge in [0.15, 0.2) is 5.78 Å². The maximum absolute atomic E-state index is 12.5. The number of likely N-dealkylation sites (tertiary alicyclic amines) is 1. The molecule has 73 heavy (non-hydrogen) atoms. The number of nitrogen functional groups attached to an aromatic ring is 1. The summed E-state index contributed by atoms with van der Waals surface area (Å²) in [6.45, 7) is 39.8. The van der Waals surface area contributed by atoms with E-state index in [-0.39, 0.29) is 68.8 Å². The van der Waals surface area contributed by atoms with E-state index in [9.17, 15) is 14.4 Å². The summed E-state index contributed by atoms with van der Waals surface area (Å²) in [6.07, 6.45) is 23.0. The Kier molecular flexibility index (Phi) is 28.3. The molecule has 5 heterocycles. The molecular weight excluding hydrogens is 932 g/mol. The van der Waals surface area contributed by atoms with E-state index in [1.54, 1.807) is 17.1 Å². The fraction of sp³-hybridized carbons (Fsp3) is 0.508. The first-order valence-corrected chi connectivity index (χ1v) is 27.0. The fourth-order valence-electron chi connectivity index (χ4n) is 10.2. The van der Waals surface area contributed by atoms with Crippen LogP contribution in [0.5, 0.6) is 0 Å². The summed E-state index contributed by atoms with van der Waals surface area (Å²) in [7, 11) is 0.